The van der Waals surface area contributed by atoms with Gasteiger partial charge in [-0.1, -0.05) is 5.16 Å². The number of aromatic nitrogens is 1. The minimum absolute atomic E-state index is 0.160. The third-order valence-electron chi connectivity index (χ3n) is 4.23. The van der Waals surface area contributed by atoms with E-state index in [1.54, 1.807) is 11.8 Å². The van der Waals surface area contributed by atoms with Crippen molar-refractivity contribution >= 4 is 23.6 Å². The highest BCUT2D eigenvalue weighted by Crippen LogP contribution is 2.29. The number of carbonyl (C=O) groups excluding carboxylic acids is 3. The van der Waals surface area contributed by atoms with Crippen LogP contribution in [0.2, 0.25) is 0 Å². The maximum atomic E-state index is 12.3. The van der Waals surface area contributed by atoms with Crippen LogP contribution in [0.25, 0.3) is 0 Å². The summed E-state index contributed by atoms with van der Waals surface area (Å²) in [5, 5.41) is 5.95. The van der Waals surface area contributed by atoms with E-state index in [0.29, 0.717) is 44.4 Å². The summed E-state index contributed by atoms with van der Waals surface area (Å²) in [4.78, 5) is 38.0. The molecule has 0 atom stereocenters. The first kappa shape index (κ1) is 22.1. The Morgan fingerprint density at radius 2 is 1.90 bits per heavy atom. The number of amides is 2. The molecule has 11 heteroatoms. The number of nitrogens with one attached hydrogen (secondary N) is 1. The molecule has 0 unspecified atom stereocenters. The Hall–Kier alpha value is -3.60. The molecule has 1 aliphatic rings. The zero-order chi connectivity index (χ0) is 22.1. The molecule has 0 spiro atoms. The number of morpholine rings is 1. The number of esters is 1. The third kappa shape index (κ3) is 6.44. The van der Waals surface area contributed by atoms with E-state index in [4.69, 9.17) is 18.9 Å². The first-order valence-electron chi connectivity index (χ1n) is 9.69. The van der Waals surface area contributed by atoms with E-state index in [1.807, 2.05) is 0 Å². The predicted octanol–water partition coefficient (Wildman–Crippen LogP) is 1.11. The minimum Gasteiger partial charge on any atom is -0.490 e. The lowest BCUT2D eigenvalue weighted by molar-refractivity contribution is -0.137. The van der Waals surface area contributed by atoms with Gasteiger partial charge < -0.3 is 33.7 Å². The summed E-state index contributed by atoms with van der Waals surface area (Å²) in [6, 6.07) is 5.88. The van der Waals surface area contributed by atoms with E-state index in [9.17, 15) is 14.4 Å². The van der Waals surface area contributed by atoms with Crippen molar-refractivity contribution in [3.63, 3.8) is 0 Å². The highest BCUT2D eigenvalue weighted by atomic mass is 16.5. The number of carbonyl (C=O) groups is 3. The first-order valence-corrected chi connectivity index (χ1v) is 9.69. The smallest absolute Gasteiger partial charge is 0.338 e. The third-order valence-corrected chi connectivity index (χ3v) is 4.23. The molecule has 1 fully saturated rings. The molecule has 3 rings (SSSR count). The van der Waals surface area contributed by atoms with E-state index in [1.165, 1.54) is 30.5 Å². The van der Waals surface area contributed by atoms with Crippen LogP contribution in [0.4, 0.5) is 5.82 Å². The zero-order valence-corrected chi connectivity index (χ0v) is 17.0. The zero-order valence-electron chi connectivity index (χ0n) is 17.0. The molecule has 0 radical (unpaired) electrons. The summed E-state index contributed by atoms with van der Waals surface area (Å²) in [5.41, 5.74) is 0.171. The van der Waals surface area contributed by atoms with E-state index in [2.05, 4.69) is 15.0 Å². The van der Waals surface area contributed by atoms with Crippen molar-refractivity contribution in [3.05, 3.63) is 36.1 Å². The summed E-state index contributed by atoms with van der Waals surface area (Å²) in [7, 11) is 0. The SMILES string of the molecule is CCOc1cc(C(=O)OCC(=O)Nc2ccon2)ccc1OCC(=O)N1CCOCC1. The van der Waals surface area contributed by atoms with Crippen LogP contribution < -0.4 is 14.8 Å². The highest BCUT2D eigenvalue weighted by Gasteiger charge is 2.19. The molecule has 0 aliphatic carbocycles. The quantitative estimate of drug-likeness (QED) is 0.578. The van der Waals surface area contributed by atoms with Crippen molar-refractivity contribution in [2.45, 2.75) is 6.92 Å². The standard InChI is InChI=1S/C20H23N3O8/c1-2-28-16-11-14(20(26)30-12-18(24)21-17-5-8-31-22-17)3-4-15(16)29-13-19(25)23-6-9-27-10-7-23/h3-5,8,11H,2,6-7,9-10,12-13H2,1H3,(H,21,22,24). The Kier molecular flexibility index (Phi) is 7.82. The molecule has 166 valence electrons. The van der Waals surface area contributed by atoms with Crippen molar-refractivity contribution in [3.8, 4) is 11.5 Å². The molecule has 2 heterocycles. The number of hydrogen-bond acceptors (Lipinski definition) is 9. The second kappa shape index (κ2) is 11.0. The molecule has 1 saturated heterocycles. The lowest BCUT2D eigenvalue weighted by Gasteiger charge is -2.26. The second-order valence-electron chi connectivity index (χ2n) is 6.39. The van der Waals surface area contributed by atoms with Gasteiger partial charge in [0.15, 0.2) is 30.5 Å². The first-order chi connectivity index (χ1) is 15.1. The van der Waals surface area contributed by atoms with Gasteiger partial charge >= 0.3 is 5.97 Å². The minimum atomic E-state index is -0.716. The van der Waals surface area contributed by atoms with Crippen molar-refractivity contribution in [1.29, 1.82) is 0 Å². The predicted molar refractivity (Wildman–Crippen MR) is 106 cm³/mol. The van der Waals surface area contributed by atoms with Gasteiger partial charge in [0.2, 0.25) is 0 Å². The summed E-state index contributed by atoms with van der Waals surface area (Å²) >= 11 is 0. The maximum Gasteiger partial charge on any atom is 0.338 e. The topological polar surface area (TPSA) is 129 Å². The maximum absolute atomic E-state index is 12.3. The molecule has 1 aromatic carbocycles. The number of hydrogen-bond donors (Lipinski definition) is 1. The van der Waals surface area contributed by atoms with Crippen molar-refractivity contribution < 1.29 is 37.9 Å². The van der Waals surface area contributed by atoms with Gasteiger partial charge in [-0.3, -0.25) is 9.59 Å². The van der Waals surface area contributed by atoms with Crippen LogP contribution in [0.3, 0.4) is 0 Å². The number of nitrogens with zero attached hydrogens (tertiary/aromatic N) is 2. The normalized spacial score (nSPS) is 13.4. The molecule has 0 bridgehead atoms. The average Bonchev–Trinajstić information content (AvgIpc) is 3.30. The Morgan fingerprint density at radius 3 is 2.61 bits per heavy atom. The number of rotatable bonds is 9. The van der Waals surface area contributed by atoms with Gasteiger partial charge in [-0.15, -0.1) is 0 Å². The van der Waals surface area contributed by atoms with Crippen LogP contribution in [0.1, 0.15) is 17.3 Å². The molecular weight excluding hydrogens is 410 g/mol. The van der Waals surface area contributed by atoms with Crippen LogP contribution >= 0.6 is 0 Å². The molecule has 1 aromatic heterocycles. The Labute approximate surface area is 178 Å². The molecule has 0 saturated carbocycles. The van der Waals surface area contributed by atoms with Gasteiger partial charge in [-0.25, -0.2) is 4.79 Å². The highest BCUT2D eigenvalue weighted by molar-refractivity contribution is 5.95. The van der Waals surface area contributed by atoms with Crippen LogP contribution in [0.5, 0.6) is 11.5 Å². The molecule has 2 amide bonds. The van der Waals surface area contributed by atoms with Crippen LogP contribution in [-0.4, -0.2) is 74.0 Å². The van der Waals surface area contributed by atoms with Crippen LogP contribution in [-0.2, 0) is 19.1 Å². The van der Waals surface area contributed by atoms with Crippen molar-refractivity contribution in [2.24, 2.45) is 0 Å². The van der Waals surface area contributed by atoms with E-state index < -0.39 is 18.5 Å². The monoisotopic (exact) mass is 433 g/mol. The van der Waals surface area contributed by atoms with Gasteiger partial charge in [0.25, 0.3) is 11.8 Å². The fourth-order valence-electron chi connectivity index (χ4n) is 2.74. The Bertz CT molecular complexity index is 894. The van der Waals surface area contributed by atoms with Gasteiger partial charge in [0.1, 0.15) is 6.26 Å². The van der Waals surface area contributed by atoms with E-state index in [-0.39, 0.29) is 23.9 Å². The van der Waals surface area contributed by atoms with Gasteiger partial charge in [0, 0.05) is 19.2 Å². The fourth-order valence-corrected chi connectivity index (χ4v) is 2.74. The molecule has 1 aliphatic heterocycles. The molecule has 1 N–H and O–H groups in total. The fraction of sp³-hybridized carbons (Fsp3) is 0.400. The molecule has 31 heavy (non-hydrogen) atoms. The lowest BCUT2D eigenvalue weighted by atomic mass is 10.2. The average molecular weight is 433 g/mol. The van der Waals surface area contributed by atoms with Crippen molar-refractivity contribution in [2.75, 3.05) is 51.4 Å². The number of ether oxygens (including phenoxy) is 4. The molecular formula is C20H23N3O8. The lowest BCUT2D eigenvalue weighted by Crippen LogP contribution is -2.43. The largest absolute Gasteiger partial charge is 0.490 e. The summed E-state index contributed by atoms with van der Waals surface area (Å²) < 4.78 is 26.0. The second-order valence-corrected chi connectivity index (χ2v) is 6.39. The van der Waals surface area contributed by atoms with Crippen LogP contribution in [0, 0.1) is 0 Å². The summed E-state index contributed by atoms with van der Waals surface area (Å²) in [6.45, 7) is 3.50. The van der Waals surface area contributed by atoms with Gasteiger partial charge in [-0.2, -0.15) is 0 Å². The van der Waals surface area contributed by atoms with Crippen LogP contribution in [0.15, 0.2) is 35.1 Å². The molecule has 2 aromatic rings. The number of anilines is 1. The summed E-state index contributed by atoms with van der Waals surface area (Å²) in [5.74, 6) is -0.608. The molecule has 11 nitrogen and oxygen atoms in total. The number of benzene rings is 1. The van der Waals surface area contributed by atoms with Crippen molar-refractivity contribution in [1.82, 2.24) is 10.1 Å². The van der Waals surface area contributed by atoms with E-state index in [0.717, 1.165) is 0 Å². The van der Waals surface area contributed by atoms with Gasteiger partial charge in [0.05, 0.1) is 25.4 Å². The van der Waals surface area contributed by atoms with E-state index >= 15 is 0 Å². The van der Waals surface area contributed by atoms with Gasteiger partial charge in [-0.05, 0) is 25.1 Å². The summed E-state index contributed by atoms with van der Waals surface area (Å²) in [6.07, 6.45) is 1.30. The Morgan fingerprint density at radius 1 is 1.10 bits per heavy atom. The Balaban J connectivity index is 1.56.